The molecular formula is C33H35N9O. The molecule has 1 fully saturated rings. The number of piperidine rings is 1. The standard InChI is InChI=1S/C33H35N9O/c1-4-30(43)41-20(2)17-23(18-21(41)3)37-27-11-8-22-19-24(9-10-25(22)27)42-32(26-7-5-14-35-31(26)34)38-28-12-13-29(39-33(28)42)40-16-6-15-36-40/h4-7,9-10,12-16,19-21,23,27,37H,1,8,11,17-18H2,2-3H3,(H2,34,35)/t20-,21+,23?,27-/m0/s1. The first-order chi connectivity index (χ1) is 20.9. The van der Waals surface area contributed by atoms with E-state index < -0.39 is 0 Å². The number of anilines is 1. The zero-order valence-corrected chi connectivity index (χ0v) is 24.4. The van der Waals surface area contributed by atoms with Crippen LogP contribution in [-0.4, -0.2) is 58.2 Å². The van der Waals surface area contributed by atoms with Crippen molar-refractivity contribution >= 4 is 22.9 Å². The number of nitrogen functional groups attached to an aromatic ring is 1. The summed E-state index contributed by atoms with van der Waals surface area (Å²) < 4.78 is 3.82. The zero-order valence-electron chi connectivity index (χ0n) is 24.4. The lowest BCUT2D eigenvalue weighted by molar-refractivity contribution is -0.132. The zero-order chi connectivity index (χ0) is 29.7. The molecule has 2 aliphatic rings. The van der Waals surface area contributed by atoms with Crippen LogP contribution < -0.4 is 11.1 Å². The predicted molar refractivity (Wildman–Crippen MR) is 167 cm³/mol. The number of imidazole rings is 1. The first-order valence-electron chi connectivity index (χ1n) is 14.9. The number of carbonyl (C=O) groups is 1. The minimum absolute atomic E-state index is 0.0165. The fourth-order valence-electron chi connectivity index (χ4n) is 6.97. The van der Waals surface area contributed by atoms with Crippen LogP contribution in [0.5, 0.6) is 0 Å². The van der Waals surface area contributed by atoms with Gasteiger partial charge in [-0.1, -0.05) is 12.6 Å². The van der Waals surface area contributed by atoms with Crippen LogP contribution in [0.3, 0.4) is 0 Å². The van der Waals surface area contributed by atoms with Gasteiger partial charge in [-0.05, 0) is 99.2 Å². The first-order valence-corrected chi connectivity index (χ1v) is 14.9. The topological polar surface area (TPSA) is 120 Å². The second-order valence-electron chi connectivity index (χ2n) is 11.6. The van der Waals surface area contributed by atoms with E-state index in [1.165, 1.54) is 17.2 Å². The molecule has 0 saturated carbocycles. The Morgan fingerprint density at radius 2 is 1.91 bits per heavy atom. The molecule has 10 heteroatoms. The maximum atomic E-state index is 12.4. The molecule has 1 aliphatic heterocycles. The van der Waals surface area contributed by atoms with Crippen molar-refractivity contribution in [1.82, 2.24) is 39.5 Å². The fourth-order valence-corrected chi connectivity index (χ4v) is 6.97. The third-order valence-electron chi connectivity index (χ3n) is 8.84. The van der Waals surface area contributed by atoms with Gasteiger partial charge < -0.3 is 16.0 Å². The average Bonchev–Trinajstić information content (AvgIpc) is 3.76. The van der Waals surface area contributed by atoms with Gasteiger partial charge in [-0.2, -0.15) is 5.10 Å². The second-order valence-corrected chi connectivity index (χ2v) is 11.6. The summed E-state index contributed by atoms with van der Waals surface area (Å²) >= 11 is 0. The Hall–Kier alpha value is -4.83. The summed E-state index contributed by atoms with van der Waals surface area (Å²) in [5, 5.41) is 8.30. The summed E-state index contributed by atoms with van der Waals surface area (Å²) in [6.07, 6.45) is 10.6. The summed E-state index contributed by atoms with van der Waals surface area (Å²) in [6.45, 7) is 7.95. The highest BCUT2D eigenvalue weighted by molar-refractivity contribution is 5.87. The molecule has 1 aromatic carbocycles. The van der Waals surface area contributed by atoms with E-state index in [9.17, 15) is 4.79 Å². The van der Waals surface area contributed by atoms with E-state index in [-0.39, 0.29) is 24.0 Å². The van der Waals surface area contributed by atoms with Crippen molar-refractivity contribution in [3.05, 3.63) is 90.9 Å². The highest BCUT2D eigenvalue weighted by atomic mass is 16.2. The number of hydrogen-bond acceptors (Lipinski definition) is 7. The predicted octanol–water partition coefficient (Wildman–Crippen LogP) is 4.78. The summed E-state index contributed by atoms with van der Waals surface area (Å²) in [6, 6.07) is 17.2. The normalized spacial score (nSPS) is 21.7. The Labute approximate surface area is 250 Å². The Morgan fingerprint density at radius 3 is 2.65 bits per heavy atom. The number of carbonyl (C=O) groups excluding carboxylic acids is 1. The molecule has 5 aromatic rings. The van der Waals surface area contributed by atoms with Crippen molar-refractivity contribution in [2.24, 2.45) is 0 Å². The lowest BCUT2D eigenvalue weighted by atomic mass is 9.91. The molecule has 218 valence electrons. The molecule has 1 aliphatic carbocycles. The van der Waals surface area contributed by atoms with E-state index in [1.807, 2.05) is 41.4 Å². The number of nitrogens with one attached hydrogen (secondary N) is 1. The van der Waals surface area contributed by atoms with E-state index in [4.69, 9.17) is 15.7 Å². The summed E-state index contributed by atoms with van der Waals surface area (Å²) in [4.78, 5) is 28.6. The van der Waals surface area contributed by atoms with Crippen LogP contribution in [0.4, 0.5) is 5.82 Å². The minimum atomic E-state index is 0.0165. The number of benzene rings is 1. The Kier molecular flexibility index (Phi) is 6.78. The van der Waals surface area contributed by atoms with Crippen molar-refractivity contribution in [2.45, 2.75) is 63.7 Å². The Bertz CT molecular complexity index is 1810. The molecule has 0 bridgehead atoms. The van der Waals surface area contributed by atoms with Gasteiger partial charge in [0.15, 0.2) is 17.3 Å². The van der Waals surface area contributed by atoms with Crippen molar-refractivity contribution in [3.8, 4) is 22.9 Å². The first kappa shape index (κ1) is 27.0. The van der Waals surface area contributed by atoms with Gasteiger partial charge in [0.05, 0.1) is 5.56 Å². The van der Waals surface area contributed by atoms with E-state index in [0.717, 1.165) is 48.1 Å². The average molecular weight is 574 g/mol. The maximum absolute atomic E-state index is 12.4. The number of fused-ring (bicyclic) bond motifs is 2. The van der Waals surface area contributed by atoms with Gasteiger partial charge in [-0.25, -0.2) is 19.6 Å². The number of nitrogens with two attached hydrogens (primary N) is 1. The number of aromatic nitrogens is 6. The van der Waals surface area contributed by atoms with Crippen molar-refractivity contribution in [3.63, 3.8) is 0 Å². The molecule has 4 aromatic heterocycles. The van der Waals surface area contributed by atoms with E-state index in [1.54, 1.807) is 17.1 Å². The van der Waals surface area contributed by atoms with Crippen molar-refractivity contribution in [1.29, 1.82) is 0 Å². The molecule has 43 heavy (non-hydrogen) atoms. The maximum Gasteiger partial charge on any atom is 0.246 e. The van der Waals surface area contributed by atoms with Crippen LogP contribution in [0.15, 0.2) is 79.8 Å². The van der Waals surface area contributed by atoms with Gasteiger partial charge in [0, 0.05) is 48.4 Å². The molecule has 3 N–H and O–H groups in total. The van der Waals surface area contributed by atoms with Gasteiger partial charge in [0.2, 0.25) is 5.91 Å². The van der Waals surface area contributed by atoms with E-state index >= 15 is 0 Å². The highest BCUT2D eigenvalue weighted by Gasteiger charge is 2.35. The number of amides is 1. The Morgan fingerprint density at radius 1 is 1.07 bits per heavy atom. The van der Waals surface area contributed by atoms with Crippen LogP contribution in [0.2, 0.25) is 0 Å². The molecule has 5 heterocycles. The number of hydrogen-bond donors (Lipinski definition) is 2. The number of nitrogens with zero attached hydrogens (tertiary/aromatic N) is 7. The molecule has 0 radical (unpaired) electrons. The van der Waals surface area contributed by atoms with Crippen LogP contribution in [0.1, 0.15) is 50.3 Å². The molecule has 0 spiro atoms. The number of likely N-dealkylation sites (tertiary alicyclic amines) is 1. The second kappa shape index (κ2) is 10.8. The van der Waals surface area contributed by atoms with Crippen LogP contribution in [0.25, 0.3) is 34.1 Å². The lowest BCUT2D eigenvalue weighted by Gasteiger charge is -2.43. The van der Waals surface area contributed by atoms with Gasteiger partial charge in [-0.15, -0.1) is 0 Å². The SMILES string of the molecule is C=CC(=O)N1[C@H](C)CC(N[C@H]2CCc3cc(-n4c(-c5cccnc5N)nc5ccc(-n6cccn6)nc54)ccc32)C[C@@H]1C. The fraction of sp³-hybridized carbons (Fsp3) is 0.303. The summed E-state index contributed by atoms with van der Waals surface area (Å²) in [7, 11) is 0. The van der Waals surface area contributed by atoms with Gasteiger partial charge in [0.25, 0.3) is 0 Å². The number of aryl methyl sites for hydroxylation is 1. The van der Waals surface area contributed by atoms with Gasteiger partial charge in [-0.3, -0.25) is 9.36 Å². The van der Waals surface area contributed by atoms with E-state index in [2.05, 4.69) is 58.6 Å². The molecule has 7 rings (SSSR count). The van der Waals surface area contributed by atoms with Crippen LogP contribution in [0, 0.1) is 0 Å². The molecule has 10 nitrogen and oxygen atoms in total. The minimum Gasteiger partial charge on any atom is -0.383 e. The lowest BCUT2D eigenvalue weighted by Crippen LogP contribution is -2.54. The van der Waals surface area contributed by atoms with Crippen molar-refractivity contribution in [2.75, 3.05) is 5.73 Å². The molecular weight excluding hydrogens is 538 g/mol. The van der Waals surface area contributed by atoms with Crippen LogP contribution >= 0.6 is 0 Å². The third-order valence-corrected chi connectivity index (χ3v) is 8.84. The quantitative estimate of drug-likeness (QED) is 0.281. The summed E-state index contributed by atoms with van der Waals surface area (Å²) in [5.41, 5.74) is 12.2. The largest absolute Gasteiger partial charge is 0.383 e. The number of rotatable bonds is 6. The summed E-state index contributed by atoms with van der Waals surface area (Å²) in [5.74, 6) is 1.84. The third kappa shape index (κ3) is 4.77. The Balaban J connectivity index is 1.24. The smallest absolute Gasteiger partial charge is 0.246 e. The van der Waals surface area contributed by atoms with Crippen LogP contribution in [-0.2, 0) is 11.2 Å². The highest BCUT2D eigenvalue weighted by Crippen LogP contribution is 2.37. The van der Waals surface area contributed by atoms with E-state index in [0.29, 0.717) is 23.5 Å². The monoisotopic (exact) mass is 573 g/mol. The molecule has 1 amide bonds. The van der Waals surface area contributed by atoms with Gasteiger partial charge >= 0.3 is 0 Å². The number of pyridine rings is 2. The van der Waals surface area contributed by atoms with Gasteiger partial charge in [0.1, 0.15) is 11.3 Å². The molecule has 1 saturated heterocycles. The molecule has 4 atom stereocenters. The molecule has 1 unspecified atom stereocenters. The van der Waals surface area contributed by atoms with Crippen molar-refractivity contribution < 1.29 is 4.79 Å².